The lowest BCUT2D eigenvalue weighted by Crippen LogP contribution is -2.52. The second-order valence-corrected chi connectivity index (χ2v) is 7.35. The lowest BCUT2D eigenvalue weighted by atomic mass is 9.94. The number of benzene rings is 1. The van der Waals surface area contributed by atoms with Crippen LogP contribution in [0, 0.1) is 11.7 Å². The van der Waals surface area contributed by atoms with Crippen LogP contribution in [0.4, 0.5) is 4.39 Å². The number of rotatable bonds is 3. The maximum atomic E-state index is 13.3. The van der Waals surface area contributed by atoms with Gasteiger partial charge in [-0.25, -0.2) is 4.39 Å². The molecule has 0 aliphatic carbocycles. The molecule has 0 bridgehead atoms. The van der Waals surface area contributed by atoms with Gasteiger partial charge in [-0.2, -0.15) is 0 Å². The van der Waals surface area contributed by atoms with Gasteiger partial charge >= 0.3 is 0 Å². The van der Waals surface area contributed by atoms with Crippen molar-refractivity contribution in [2.24, 2.45) is 5.92 Å². The SMILES string of the molecule is C[C@H]1CN(C)CCN1CC1CCN(C(=O)c2cccc(F)c2)CC1. The molecule has 3 rings (SSSR count). The third-order valence-corrected chi connectivity index (χ3v) is 5.43. The van der Waals surface area contributed by atoms with Crippen molar-refractivity contribution < 1.29 is 9.18 Å². The summed E-state index contributed by atoms with van der Waals surface area (Å²) in [5.74, 6) is 0.271. The summed E-state index contributed by atoms with van der Waals surface area (Å²) in [6, 6.07) is 6.62. The van der Waals surface area contributed by atoms with E-state index in [0.717, 1.165) is 52.1 Å². The average Bonchev–Trinajstić information content (AvgIpc) is 2.57. The Hall–Kier alpha value is -1.46. The van der Waals surface area contributed by atoms with Crippen molar-refractivity contribution >= 4 is 5.91 Å². The minimum atomic E-state index is -0.347. The molecule has 2 saturated heterocycles. The fourth-order valence-electron chi connectivity index (χ4n) is 3.90. The Morgan fingerprint density at radius 2 is 1.96 bits per heavy atom. The third kappa shape index (κ3) is 4.14. The molecule has 24 heavy (non-hydrogen) atoms. The van der Waals surface area contributed by atoms with E-state index in [9.17, 15) is 9.18 Å². The molecule has 2 aliphatic rings. The first-order valence-electron chi connectivity index (χ1n) is 9.00. The molecule has 1 amide bonds. The summed E-state index contributed by atoms with van der Waals surface area (Å²) in [4.78, 5) is 19.3. The molecular weight excluding hydrogens is 305 g/mol. The van der Waals surface area contributed by atoms with Gasteiger partial charge in [-0.05, 0) is 50.9 Å². The molecule has 0 N–H and O–H groups in total. The Kier molecular flexibility index (Phi) is 5.51. The maximum absolute atomic E-state index is 13.3. The van der Waals surface area contributed by atoms with Crippen LogP contribution in [-0.4, -0.2) is 73.0 Å². The molecular formula is C19H28FN3O. The Morgan fingerprint density at radius 1 is 1.21 bits per heavy atom. The molecule has 2 aliphatic heterocycles. The first-order valence-corrected chi connectivity index (χ1v) is 9.00. The van der Waals surface area contributed by atoms with Crippen molar-refractivity contribution in [3.63, 3.8) is 0 Å². The van der Waals surface area contributed by atoms with Crippen molar-refractivity contribution in [2.45, 2.75) is 25.8 Å². The lowest BCUT2D eigenvalue weighted by Gasteiger charge is -2.41. The number of nitrogens with zero attached hydrogens (tertiary/aromatic N) is 3. The van der Waals surface area contributed by atoms with Gasteiger partial charge in [0.1, 0.15) is 5.82 Å². The van der Waals surface area contributed by atoms with Crippen LogP contribution >= 0.6 is 0 Å². The zero-order valence-corrected chi connectivity index (χ0v) is 14.7. The van der Waals surface area contributed by atoms with E-state index in [1.807, 2.05) is 4.90 Å². The number of hydrogen-bond donors (Lipinski definition) is 0. The minimum absolute atomic E-state index is 0.0408. The number of amides is 1. The summed E-state index contributed by atoms with van der Waals surface area (Å²) in [5, 5.41) is 0. The minimum Gasteiger partial charge on any atom is -0.339 e. The molecule has 132 valence electrons. The van der Waals surface area contributed by atoms with Crippen molar-refractivity contribution in [3.05, 3.63) is 35.6 Å². The Labute approximate surface area is 144 Å². The fourth-order valence-corrected chi connectivity index (χ4v) is 3.90. The molecule has 2 fully saturated rings. The van der Waals surface area contributed by atoms with Gasteiger partial charge in [0.25, 0.3) is 5.91 Å². The van der Waals surface area contributed by atoms with Crippen LogP contribution in [0.2, 0.25) is 0 Å². The number of piperidine rings is 1. The summed E-state index contributed by atoms with van der Waals surface area (Å²) in [6.45, 7) is 8.41. The number of likely N-dealkylation sites (N-methyl/N-ethyl adjacent to an activating group) is 1. The molecule has 0 unspecified atom stereocenters. The number of hydrogen-bond acceptors (Lipinski definition) is 3. The van der Waals surface area contributed by atoms with Crippen LogP contribution in [0.15, 0.2) is 24.3 Å². The van der Waals surface area contributed by atoms with Crippen LogP contribution in [0.1, 0.15) is 30.1 Å². The van der Waals surface area contributed by atoms with Gasteiger partial charge in [0, 0.05) is 50.9 Å². The smallest absolute Gasteiger partial charge is 0.253 e. The average molecular weight is 333 g/mol. The highest BCUT2D eigenvalue weighted by atomic mass is 19.1. The maximum Gasteiger partial charge on any atom is 0.253 e. The van der Waals surface area contributed by atoms with E-state index < -0.39 is 0 Å². The van der Waals surface area contributed by atoms with Crippen LogP contribution in [0.5, 0.6) is 0 Å². The molecule has 4 nitrogen and oxygen atoms in total. The summed E-state index contributed by atoms with van der Waals surface area (Å²) in [5.41, 5.74) is 0.459. The Morgan fingerprint density at radius 3 is 2.62 bits per heavy atom. The number of likely N-dealkylation sites (tertiary alicyclic amines) is 1. The molecule has 0 radical (unpaired) electrons. The number of carbonyl (C=O) groups is 1. The monoisotopic (exact) mass is 333 g/mol. The van der Waals surface area contributed by atoms with Gasteiger partial charge in [0.15, 0.2) is 0 Å². The van der Waals surface area contributed by atoms with Crippen LogP contribution < -0.4 is 0 Å². The first-order chi connectivity index (χ1) is 11.5. The van der Waals surface area contributed by atoms with E-state index in [0.29, 0.717) is 17.5 Å². The topological polar surface area (TPSA) is 26.8 Å². The molecule has 1 atom stereocenters. The van der Waals surface area contributed by atoms with Gasteiger partial charge in [-0.1, -0.05) is 6.07 Å². The van der Waals surface area contributed by atoms with Crippen LogP contribution in [-0.2, 0) is 0 Å². The van der Waals surface area contributed by atoms with E-state index in [1.54, 1.807) is 12.1 Å². The molecule has 5 heteroatoms. The summed E-state index contributed by atoms with van der Waals surface area (Å²) in [6.07, 6.45) is 2.08. The predicted octanol–water partition coefficient (Wildman–Crippen LogP) is 2.31. The van der Waals surface area contributed by atoms with Crippen LogP contribution in [0.3, 0.4) is 0 Å². The zero-order chi connectivity index (χ0) is 17.1. The summed E-state index contributed by atoms with van der Waals surface area (Å²) >= 11 is 0. The van der Waals surface area contributed by atoms with Crippen molar-refractivity contribution in [1.29, 1.82) is 0 Å². The van der Waals surface area contributed by atoms with Crippen LogP contribution in [0.25, 0.3) is 0 Å². The van der Waals surface area contributed by atoms with Gasteiger partial charge < -0.3 is 9.80 Å². The van der Waals surface area contributed by atoms with Crippen molar-refractivity contribution in [3.8, 4) is 0 Å². The molecule has 0 spiro atoms. The van der Waals surface area contributed by atoms with Gasteiger partial charge in [-0.3, -0.25) is 9.69 Å². The second-order valence-electron chi connectivity index (χ2n) is 7.35. The van der Waals surface area contributed by atoms with E-state index in [1.165, 1.54) is 12.1 Å². The van der Waals surface area contributed by atoms with E-state index >= 15 is 0 Å². The Balaban J connectivity index is 1.50. The van der Waals surface area contributed by atoms with Gasteiger partial charge in [0.2, 0.25) is 0 Å². The normalized spacial score (nSPS) is 24.3. The quantitative estimate of drug-likeness (QED) is 0.849. The summed E-state index contributed by atoms with van der Waals surface area (Å²) < 4.78 is 13.3. The number of piperazine rings is 1. The van der Waals surface area contributed by atoms with Crippen molar-refractivity contribution in [2.75, 3.05) is 46.3 Å². The Bertz CT molecular complexity index is 571. The number of carbonyl (C=O) groups excluding carboxylic acids is 1. The van der Waals surface area contributed by atoms with E-state index in [2.05, 4.69) is 23.8 Å². The third-order valence-electron chi connectivity index (χ3n) is 5.43. The van der Waals surface area contributed by atoms with E-state index in [4.69, 9.17) is 0 Å². The highest BCUT2D eigenvalue weighted by molar-refractivity contribution is 5.94. The highest BCUT2D eigenvalue weighted by Gasteiger charge is 2.28. The fraction of sp³-hybridized carbons (Fsp3) is 0.632. The molecule has 0 aromatic heterocycles. The van der Waals surface area contributed by atoms with Gasteiger partial charge in [0.05, 0.1) is 0 Å². The second kappa shape index (κ2) is 7.62. The molecule has 2 heterocycles. The zero-order valence-electron chi connectivity index (χ0n) is 14.7. The highest BCUT2D eigenvalue weighted by Crippen LogP contribution is 2.22. The molecule has 0 saturated carbocycles. The first kappa shape index (κ1) is 17.4. The lowest BCUT2D eigenvalue weighted by molar-refractivity contribution is 0.0556. The molecule has 1 aromatic rings. The summed E-state index contributed by atoms with van der Waals surface area (Å²) in [7, 11) is 2.18. The van der Waals surface area contributed by atoms with E-state index in [-0.39, 0.29) is 11.7 Å². The largest absolute Gasteiger partial charge is 0.339 e. The van der Waals surface area contributed by atoms with Crippen molar-refractivity contribution in [1.82, 2.24) is 14.7 Å². The number of halogens is 1. The standard InChI is InChI=1S/C19H28FN3O/c1-15-13-21(2)10-11-23(15)14-16-6-8-22(9-7-16)19(24)17-4-3-5-18(20)12-17/h3-5,12,15-16H,6-11,13-14H2,1-2H3/t15-/m0/s1. The molecule has 1 aromatic carbocycles. The van der Waals surface area contributed by atoms with Gasteiger partial charge in [-0.15, -0.1) is 0 Å². The predicted molar refractivity (Wildman–Crippen MR) is 93.6 cm³/mol.